The number of nitrogens with zero attached hydrogens (tertiary/aromatic N) is 3. The zero-order valence-electron chi connectivity index (χ0n) is 23.2. The van der Waals surface area contributed by atoms with Crippen molar-refractivity contribution in [3.8, 4) is 5.69 Å². The summed E-state index contributed by atoms with van der Waals surface area (Å²) in [5.41, 5.74) is 11.0. The van der Waals surface area contributed by atoms with E-state index < -0.39 is 22.5 Å². The Kier molecular flexibility index (Phi) is 8.06. The van der Waals surface area contributed by atoms with Crippen molar-refractivity contribution in [3.63, 3.8) is 0 Å². The minimum Gasteiger partial charge on any atom is -0.318 e. The van der Waals surface area contributed by atoms with E-state index in [1.807, 2.05) is 39.8 Å². The van der Waals surface area contributed by atoms with Crippen molar-refractivity contribution < 1.29 is 13.2 Å². The smallest absolute Gasteiger partial charge is 0.264 e. The number of aromatic nitrogens is 1. The third-order valence-corrected chi connectivity index (χ3v) is 8.23. The van der Waals surface area contributed by atoms with E-state index in [1.54, 1.807) is 36.5 Å². The molecule has 4 rings (SSSR count). The number of hydrogen-bond donors (Lipinski definition) is 1. The van der Waals surface area contributed by atoms with E-state index >= 15 is 0 Å². The molecule has 0 saturated heterocycles. The third kappa shape index (κ3) is 6.29. The van der Waals surface area contributed by atoms with Crippen molar-refractivity contribution in [3.05, 3.63) is 112 Å². The number of anilines is 1. The van der Waals surface area contributed by atoms with Crippen molar-refractivity contribution in [2.45, 2.75) is 46.4 Å². The van der Waals surface area contributed by atoms with Crippen LogP contribution < -0.4 is 9.73 Å². The molecule has 0 aliphatic rings. The average Bonchev–Trinajstić information content (AvgIpc) is 3.14. The first-order valence-corrected chi connectivity index (χ1v) is 14.2. The summed E-state index contributed by atoms with van der Waals surface area (Å²) in [5.74, 6) is -0.548. The number of carbonyl (C=O) groups excluding carboxylic acids is 1. The number of rotatable bonds is 8. The van der Waals surface area contributed by atoms with Crippen molar-refractivity contribution in [2.24, 2.45) is 5.10 Å². The molecule has 39 heavy (non-hydrogen) atoms. The predicted molar refractivity (Wildman–Crippen MR) is 157 cm³/mol. The topological polar surface area (TPSA) is 83.8 Å². The molecule has 1 aromatic heterocycles. The molecule has 0 unspecified atom stereocenters. The molecule has 202 valence electrons. The quantitative estimate of drug-likeness (QED) is 0.230. The number of sulfonamides is 1. The van der Waals surface area contributed by atoms with Crippen molar-refractivity contribution >= 4 is 27.8 Å². The normalized spacial score (nSPS) is 11.6. The van der Waals surface area contributed by atoms with Crippen LogP contribution in [0, 0.1) is 41.5 Å². The second-order valence-electron chi connectivity index (χ2n) is 9.97. The highest BCUT2D eigenvalue weighted by atomic mass is 32.2. The van der Waals surface area contributed by atoms with Gasteiger partial charge in [0, 0.05) is 22.6 Å². The SMILES string of the molecule is Cc1cc(C)cc(N(CC(=O)N/N=C\c2cc(C)n(-c3cc(C)cc(C)c3)c2C)S(=O)(=O)c2ccccc2)c1. The van der Waals surface area contributed by atoms with Gasteiger partial charge in [-0.25, -0.2) is 13.8 Å². The van der Waals surface area contributed by atoms with Gasteiger partial charge < -0.3 is 4.57 Å². The fourth-order valence-electron chi connectivity index (χ4n) is 4.86. The Balaban J connectivity index is 1.58. The molecule has 0 aliphatic heterocycles. The summed E-state index contributed by atoms with van der Waals surface area (Å²) in [6.07, 6.45) is 1.59. The Morgan fingerprint density at radius 2 is 1.41 bits per heavy atom. The van der Waals surface area contributed by atoms with E-state index in [0.29, 0.717) is 5.69 Å². The molecule has 3 aromatic carbocycles. The summed E-state index contributed by atoms with van der Waals surface area (Å²) < 4.78 is 30.4. The molecule has 0 radical (unpaired) electrons. The highest BCUT2D eigenvalue weighted by Gasteiger charge is 2.27. The molecule has 0 bridgehead atoms. The van der Waals surface area contributed by atoms with Crippen LogP contribution in [0.15, 0.2) is 82.8 Å². The highest BCUT2D eigenvalue weighted by molar-refractivity contribution is 7.92. The lowest BCUT2D eigenvalue weighted by atomic mass is 10.1. The summed E-state index contributed by atoms with van der Waals surface area (Å²) in [4.78, 5) is 13.1. The molecule has 8 heteroatoms. The Bertz CT molecular complexity index is 1610. The van der Waals surface area contributed by atoms with Gasteiger partial charge in [0.2, 0.25) is 0 Å². The van der Waals surface area contributed by atoms with E-state index in [1.165, 1.54) is 23.3 Å². The maximum atomic E-state index is 13.6. The van der Waals surface area contributed by atoms with E-state index in [2.05, 4.69) is 47.1 Å². The van der Waals surface area contributed by atoms with Crippen LogP contribution in [0.5, 0.6) is 0 Å². The highest BCUT2D eigenvalue weighted by Crippen LogP contribution is 2.26. The van der Waals surface area contributed by atoms with Crippen LogP contribution in [0.3, 0.4) is 0 Å². The second kappa shape index (κ2) is 11.3. The van der Waals surface area contributed by atoms with E-state index in [-0.39, 0.29) is 4.90 Å². The molecule has 0 aliphatic carbocycles. The Morgan fingerprint density at radius 1 is 0.846 bits per heavy atom. The van der Waals surface area contributed by atoms with Crippen LogP contribution in [0.25, 0.3) is 5.69 Å². The van der Waals surface area contributed by atoms with Crippen LogP contribution in [-0.4, -0.2) is 31.7 Å². The minimum absolute atomic E-state index is 0.110. The molecule has 1 N–H and O–H groups in total. The van der Waals surface area contributed by atoms with E-state index in [0.717, 1.165) is 38.1 Å². The van der Waals surface area contributed by atoms with Gasteiger partial charge in [-0.3, -0.25) is 9.10 Å². The van der Waals surface area contributed by atoms with Gasteiger partial charge in [0.25, 0.3) is 15.9 Å². The first kappa shape index (κ1) is 27.9. The number of hydrogen-bond acceptors (Lipinski definition) is 4. The van der Waals surface area contributed by atoms with E-state index in [9.17, 15) is 13.2 Å². The first-order chi connectivity index (χ1) is 18.5. The van der Waals surface area contributed by atoms with E-state index in [4.69, 9.17) is 0 Å². The first-order valence-electron chi connectivity index (χ1n) is 12.7. The molecule has 0 atom stereocenters. The Labute approximate surface area is 230 Å². The van der Waals surface area contributed by atoms with Crippen molar-refractivity contribution in [2.75, 3.05) is 10.8 Å². The molecule has 4 aromatic rings. The minimum atomic E-state index is -3.99. The third-order valence-electron chi connectivity index (χ3n) is 6.44. The fraction of sp³-hybridized carbons (Fsp3) is 0.226. The van der Waals surface area contributed by atoms with Crippen LogP contribution in [0.4, 0.5) is 5.69 Å². The summed E-state index contributed by atoms with van der Waals surface area (Å²) in [6, 6.07) is 22.0. The summed E-state index contributed by atoms with van der Waals surface area (Å²) >= 11 is 0. The maximum absolute atomic E-state index is 13.6. The van der Waals surface area contributed by atoms with Gasteiger partial charge >= 0.3 is 0 Å². The number of nitrogens with one attached hydrogen (secondary N) is 1. The van der Waals surface area contributed by atoms with Crippen LogP contribution >= 0.6 is 0 Å². The van der Waals surface area contributed by atoms with Crippen LogP contribution in [0.1, 0.15) is 39.2 Å². The zero-order valence-corrected chi connectivity index (χ0v) is 24.0. The molecule has 0 saturated carbocycles. The Morgan fingerprint density at radius 3 is 2.00 bits per heavy atom. The monoisotopic (exact) mass is 542 g/mol. The fourth-order valence-corrected chi connectivity index (χ4v) is 6.29. The average molecular weight is 543 g/mol. The second-order valence-corrected chi connectivity index (χ2v) is 11.8. The number of amides is 1. The van der Waals surface area contributed by atoms with Gasteiger partial charge in [-0.15, -0.1) is 0 Å². The maximum Gasteiger partial charge on any atom is 0.264 e. The number of aryl methyl sites for hydroxylation is 5. The summed E-state index contributed by atoms with van der Waals surface area (Å²) in [6.45, 7) is 11.5. The lowest BCUT2D eigenvalue weighted by Gasteiger charge is -2.24. The van der Waals surface area contributed by atoms with Gasteiger partial charge in [-0.2, -0.15) is 5.10 Å². The van der Waals surface area contributed by atoms with Gasteiger partial charge in [-0.05, 0) is 106 Å². The number of benzene rings is 3. The molecular formula is C31H34N4O3S. The molecule has 0 fully saturated rings. The largest absolute Gasteiger partial charge is 0.318 e. The van der Waals surface area contributed by atoms with Crippen molar-refractivity contribution in [1.82, 2.24) is 9.99 Å². The zero-order chi connectivity index (χ0) is 28.3. The number of hydrazone groups is 1. The van der Waals surface area contributed by atoms with Gasteiger partial charge in [0.15, 0.2) is 0 Å². The standard InChI is InChI=1S/C31H34N4O3S/c1-21-12-22(2)15-28(14-21)34(39(37,38)30-10-8-7-9-11-30)20-31(36)33-32-19-27-18-25(5)35(26(27)6)29-16-23(3)13-24(4)17-29/h7-19H,20H2,1-6H3,(H,33,36)/b32-19-. The predicted octanol–water partition coefficient (Wildman–Crippen LogP) is 5.67. The van der Waals surface area contributed by atoms with Gasteiger partial charge in [0.1, 0.15) is 6.54 Å². The number of carbonyl (C=O) groups is 1. The lowest BCUT2D eigenvalue weighted by Crippen LogP contribution is -2.39. The summed E-state index contributed by atoms with van der Waals surface area (Å²) in [7, 11) is -3.99. The molecule has 7 nitrogen and oxygen atoms in total. The molecule has 1 heterocycles. The van der Waals surface area contributed by atoms with Crippen molar-refractivity contribution in [1.29, 1.82) is 0 Å². The van der Waals surface area contributed by atoms with Crippen LogP contribution in [-0.2, 0) is 14.8 Å². The summed E-state index contributed by atoms with van der Waals surface area (Å²) in [5, 5.41) is 4.16. The lowest BCUT2D eigenvalue weighted by molar-refractivity contribution is -0.119. The molecule has 1 amide bonds. The Hall–Kier alpha value is -4.17. The molecule has 0 spiro atoms. The van der Waals surface area contributed by atoms with Gasteiger partial charge in [-0.1, -0.05) is 30.3 Å². The van der Waals surface area contributed by atoms with Gasteiger partial charge in [0.05, 0.1) is 16.8 Å². The molecular weight excluding hydrogens is 508 g/mol. The van der Waals surface area contributed by atoms with Crippen LogP contribution in [0.2, 0.25) is 0 Å².